The fourth-order valence-electron chi connectivity index (χ4n) is 2.27. The van der Waals surface area contributed by atoms with Crippen LogP contribution in [0, 0.1) is 0 Å². The molecule has 2 aromatic rings. The highest BCUT2D eigenvalue weighted by atomic mass is 79.9. The molecule has 0 fully saturated rings. The number of carbonyl (C=O) groups is 3. The van der Waals surface area contributed by atoms with E-state index in [1.807, 2.05) is 0 Å². The zero-order valence-electron chi connectivity index (χ0n) is 10.5. The number of carbonyl (C=O) groups excluding carboxylic acids is 3. The Morgan fingerprint density at radius 2 is 1.67 bits per heavy atom. The minimum Gasteiger partial charge on any atom is -0.545 e. The summed E-state index contributed by atoms with van der Waals surface area (Å²) in [5, 5.41) is 11.2. The summed E-state index contributed by atoms with van der Waals surface area (Å²) >= 11 is 3.24. The third-order valence-corrected chi connectivity index (χ3v) is 3.71. The standard InChI is InChI=1S/C15H8BrNO4/c16-8-5-6-9-11(7-8)14(19)17(13(9)18)12-4-2-1-3-10(12)15(20)21/h1-7H,(H,20,21)/p-1. The SMILES string of the molecule is O=C([O-])c1ccccc1N1C(=O)c2ccc(Br)cc2C1=O. The first kappa shape index (κ1) is 13.5. The summed E-state index contributed by atoms with van der Waals surface area (Å²) in [6.07, 6.45) is 0. The van der Waals surface area contributed by atoms with E-state index in [1.54, 1.807) is 12.1 Å². The normalized spacial score (nSPS) is 13.5. The van der Waals surface area contributed by atoms with E-state index < -0.39 is 17.8 Å². The fourth-order valence-corrected chi connectivity index (χ4v) is 2.63. The molecule has 0 radical (unpaired) electrons. The number of aromatic carboxylic acids is 1. The number of fused-ring (bicyclic) bond motifs is 1. The maximum Gasteiger partial charge on any atom is 0.266 e. The van der Waals surface area contributed by atoms with Crippen LogP contribution in [0.1, 0.15) is 31.1 Å². The number of carboxylic acids is 1. The van der Waals surface area contributed by atoms with Gasteiger partial charge in [-0.1, -0.05) is 34.1 Å². The molecule has 0 saturated heterocycles. The van der Waals surface area contributed by atoms with Crippen molar-refractivity contribution in [2.75, 3.05) is 4.90 Å². The van der Waals surface area contributed by atoms with Gasteiger partial charge in [0.25, 0.3) is 11.8 Å². The molecule has 0 atom stereocenters. The number of carboxylic acid groups (broad SMARTS) is 1. The number of imide groups is 1. The van der Waals surface area contributed by atoms with Crippen LogP contribution in [0.25, 0.3) is 0 Å². The van der Waals surface area contributed by atoms with E-state index in [9.17, 15) is 19.5 Å². The second-order valence-electron chi connectivity index (χ2n) is 4.44. The lowest BCUT2D eigenvalue weighted by Crippen LogP contribution is -2.33. The lowest BCUT2D eigenvalue weighted by atomic mass is 10.1. The Kier molecular flexibility index (Phi) is 3.10. The highest BCUT2D eigenvalue weighted by Crippen LogP contribution is 2.31. The maximum atomic E-state index is 12.4. The Balaban J connectivity index is 2.17. The second-order valence-corrected chi connectivity index (χ2v) is 5.36. The number of rotatable bonds is 2. The fraction of sp³-hybridized carbons (Fsp3) is 0. The van der Waals surface area contributed by atoms with Crippen LogP contribution >= 0.6 is 15.9 Å². The Hall–Kier alpha value is -2.47. The smallest absolute Gasteiger partial charge is 0.266 e. The highest BCUT2D eigenvalue weighted by molar-refractivity contribution is 9.10. The maximum absolute atomic E-state index is 12.4. The van der Waals surface area contributed by atoms with Crippen molar-refractivity contribution in [3.05, 3.63) is 63.6 Å². The van der Waals surface area contributed by atoms with Gasteiger partial charge in [-0.3, -0.25) is 9.59 Å². The number of para-hydroxylation sites is 1. The zero-order valence-corrected chi connectivity index (χ0v) is 12.1. The van der Waals surface area contributed by atoms with Crippen LogP contribution in [-0.4, -0.2) is 17.8 Å². The van der Waals surface area contributed by atoms with Crippen LogP contribution in [0.5, 0.6) is 0 Å². The Bertz CT molecular complexity index is 800. The zero-order chi connectivity index (χ0) is 15.1. The molecule has 3 rings (SSSR count). The molecule has 6 heteroatoms. The molecule has 2 amide bonds. The number of hydrogen-bond donors (Lipinski definition) is 0. The molecule has 1 aliphatic rings. The predicted molar refractivity (Wildman–Crippen MR) is 76.1 cm³/mol. The summed E-state index contributed by atoms with van der Waals surface area (Å²) in [6, 6.07) is 10.5. The first-order valence-corrected chi connectivity index (χ1v) is 6.78. The van der Waals surface area contributed by atoms with Crippen molar-refractivity contribution < 1.29 is 19.5 Å². The molecule has 0 N–H and O–H groups in total. The van der Waals surface area contributed by atoms with Crippen molar-refractivity contribution >= 4 is 39.4 Å². The summed E-state index contributed by atoms with van der Waals surface area (Å²) in [7, 11) is 0. The van der Waals surface area contributed by atoms with Gasteiger partial charge in [0.15, 0.2) is 0 Å². The Labute approximate surface area is 127 Å². The first-order chi connectivity index (χ1) is 10.0. The van der Waals surface area contributed by atoms with Crippen LogP contribution in [-0.2, 0) is 0 Å². The number of hydrogen-bond acceptors (Lipinski definition) is 4. The Morgan fingerprint density at radius 3 is 2.38 bits per heavy atom. The summed E-state index contributed by atoms with van der Waals surface area (Å²) in [5.74, 6) is -2.54. The minimum absolute atomic E-state index is 0.0137. The number of benzene rings is 2. The van der Waals surface area contributed by atoms with Gasteiger partial charge in [-0.2, -0.15) is 0 Å². The van der Waals surface area contributed by atoms with Crippen molar-refractivity contribution in [1.29, 1.82) is 0 Å². The van der Waals surface area contributed by atoms with Crippen molar-refractivity contribution in [2.24, 2.45) is 0 Å². The van der Waals surface area contributed by atoms with Gasteiger partial charge in [0, 0.05) is 10.0 Å². The minimum atomic E-state index is -1.44. The largest absolute Gasteiger partial charge is 0.545 e. The molecule has 0 unspecified atom stereocenters. The van der Waals surface area contributed by atoms with Gasteiger partial charge in [-0.05, 0) is 24.3 Å². The van der Waals surface area contributed by atoms with Crippen LogP contribution in [0.4, 0.5) is 5.69 Å². The van der Waals surface area contributed by atoms with Crippen molar-refractivity contribution in [1.82, 2.24) is 0 Å². The summed E-state index contributed by atoms with van der Waals surface area (Å²) < 4.78 is 0.664. The average Bonchev–Trinajstić information content (AvgIpc) is 2.70. The lowest BCUT2D eigenvalue weighted by Gasteiger charge is -2.18. The van der Waals surface area contributed by atoms with E-state index in [-0.39, 0.29) is 22.4 Å². The van der Waals surface area contributed by atoms with Gasteiger partial charge in [-0.15, -0.1) is 0 Å². The van der Waals surface area contributed by atoms with Crippen molar-refractivity contribution in [2.45, 2.75) is 0 Å². The average molecular weight is 345 g/mol. The van der Waals surface area contributed by atoms with Crippen LogP contribution < -0.4 is 10.0 Å². The lowest BCUT2D eigenvalue weighted by molar-refractivity contribution is -0.254. The van der Waals surface area contributed by atoms with E-state index in [0.29, 0.717) is 4.47 Å². The molecule has 1 aliphatic heterocycles. The topological polar surface area (TPSA) is 77.5 Å². The van der Waals surface area contributed by atoms with Gasteiger partial charge >= 0.3 is 0 Å². The van der Waals surface area contributed by atoms with Crippen LogP contribution in [0.3, 0.4) is 0 Å². The molecule has 0 aliphatic carbocycles. The van der Waals surface area contributed by atoms with Gasteiger partial charge in [0.05, 0.1) is 22.8 Å². The molecule has 0 saturated carbocycles. The van der Waals surface area contributed by atoms with Crippen molar-refractivity contribution in [3.8, 4) is 0 Å². The monoisotopic (exact) mass is 344 g/mol. The Morgan fingerprint density at radius 1 is 1.00 bits per heavy atom. The van der Waals surface area contributed by atoms with E-state index >= 15 is 0 Å². The van der Waals surface area contributed by atoms with Gasteiger partial charge in [0.2, 0.25) is 0 Å². The van der Waals surface area contributed by atoms with Gasteiger partial charge < -0.3 is 9.90 Å². The third kappa shape index (κ3) is 2.04. The summed E-state index contributed by atoms with van der Waals surface area (Å²) in [5.41, 5.74) is 0.296. The summed E-state index contributed by atoms with van der Waals surface area (Å²) in [4.78, 5) is 36.8. The molecular weight excluding hydrogens is 338 g/mol. The molecular formula is C15H7BrNO4-. The quantitative estimate of drug-likeness (QED) is 0.775. The molecule has 0 bridgehead atoms. The highest BCUT2D eigenvalue weighted by Gasteiger charge is 2.37. The van der Waals surface area contributed by atoms with Gasteiger partial charge in [0.1, 0.15) is 0 Å². The molecule has 1 heterocycles. The van der Waals surface area contributed by atoms with Crippen molar-refractivity contribution in [3.63, 3.8) is 0 Å². The number of anilines is 1. The molecule has 5 nitrogen and oxygen atoms in total. The number of halogens is 1. The third-order valence-electron chi connectivity index (χ3n) is 3.21. The van der Waals surface area contributed by atoms with E-state index in [2.05, 4.69) is 15.9 Å². The van der Waals surface area contributed by atoms with E-state index in [4.69, 9.17) is 0 Å². The molecule has 2 aromatic carbocycles. The van der Waals surface area contributed by atoms with Gasteiger partial charge in [-0.25, -0.2) is 4.90 Å². The molecule has 0 aromatic heterocycles. The van der Waals surface area contributed by atoms with E-state index in [0.717, 1.165) is 4.90 Å². The summed E-state index contributed by atoms with van der Waals surface area (Å²) in [6.45, 7) is 0. The molecule has 21 heavy (non-hydrogen) atoms. The van der Waals surface area contributed by atoms with E-state index in [1.165, 1.54) is 30.3 Å². The van der Waals surface area contributed by atoms with Crippen LogP contribution in [0.2, 0.25) is 0 Å². The molecule has 0 spiro atoms. The molecule has 104 valence electrons. The number of nitrogens with zero attached hydrogens (tertiary/aromatic N) is 1. The van der Waals surface area contributed by atoms with Crippen LogP contribution in [0.15, 0.2) is 46.9 Å². The first-order valence-electron chi connectivity index (χ1n) is 5.99. The predicted octanol–water partition coefficient (Wildman–Crippen LogP) is 1.61. The number of amides is 2. The second kappa shape index (κ2) is 4.82.